The van der Waals surface area contributed by atoms with Crippen LogP contribution < -0.4 is 4.74 Å². The average Bonchev–Trinajstić information content (AvgIpc) is 3.20. The van der Waals surface area contributed by atoms with E-state index < -0.39 is 11.7 Å². The molecule has 0 saturated heterocycles. The number of hydrogen-bond acceptors (Lipinski definition) is 7. The van der Waals surface area contributed by atoms with Crippen LogP contribution >= 0.6 is 0 Å². The van der Waals surface area contributed by atoms with Gasteiger partial charge in [-0.2, -0.15) is 18.4 Å². The van der Waals surface area contributed by atoms with Crippen LogP contribution in [0, 0.1) is 11.3 Å². The predicted octanol–water partition coefficient (Wildman–Crippen LogP) is 3.74. The second-order valence-corrected chi connectivity index (χ2v) is 6.35. The first-order valence-electron chi connectivity index (χ1n) is 9.05. The highest BCUT2D eigenvalue weighted by Gasteiger charge is 2.29. The monoisotopic (exact) mass is 430 g/mol. The van der Waals surface area contributed by atoms with Crippen LogP contribution in [0.3, 0.4) is 0 Å². The molecular weight excluding hydrogens is 413 g/mol. The summed E-state index contributed by atoms with van der Waals surface area (Å²) in [7, 11) is 0. The molecule has 0 fully saturated rings. The molecule has 0 unspecified atom stereocenters. The first-order chi connectivity index (χ1) is 14.8. The highest BCUT2D eigenvalue weighted by atomic mass is 19.4. The van der Waals surface area contributed by atoms with E-state index in [9.17, 15) is 13.2 Å². The smallest absolute Gasteiger partial charge is 0.416 e. The first-order valence-corrected chi connectivity index (χ1v) is 9.05. The molecule has 0 N–H and O–H groups in total. The molecule has 31 heavy (non-hydrogen) atoms. The Labute approximate surface area is 175 Å². The zero-order valence-corrected chi connectivity index (χ0v) is 16.4. The maximum Gasteiger partial charge on any atom is 0.416 e. The van der Waals surface area contributed by atoms with Gasteiger partial charge in [-0.05, 0) is 59.7 Å². The van der Waals surface area contributed by atoms with Crippen LogP contribution in [0.25, 0.3) is 0 Å². The molecular formula is C20H17F3N6O2. The molecule has 160 valence electrons. The van der Waals surface area contributed by atoms with Crippen LogP contribution in [0.5, 0.6) is 5.75 Å². The zero-order valence-electron chi connectivity index (χ0n) is 16.4. The number of rotatable bonds is 8. The SMILES string of the molecule is C/C(=N\OCc1ccc(C(F)(F)F)cc1)c1ccc(OCc2nnn(CC#N)n2)cc1. The Morgan fingerprint density at radius 3 is 2.45 bits per heavy atom. The van der Waals surface area contributed by atoms with Gasteiger partial charge in [0.25, 0.3) is 0 Å². The Morgan fingerprint density at radius 2 is 1.81 bits per heavy atom. The van der Waals surface area contributed by atoms with Crippen molar-refractivity contribution in [1.29, 1.82) is 5.26 Å². The van der Waals surface area contributed by atoms with Gasteiger partial charge in [-0.3, -0.25) is 0 Å². The summed E-state index contributed by atoms with van der Waals surface area (Å²) in [6, 6.07) is 13.7. The van der Waals surface area contributed by atoms with E-state index in [2.05, 4.69) is 20.6 Å². The van der Waals surface area contributed by atoms with E-state index in [1.807, 2.05) is 6.07 Å². The van der Waals surface area contributed by atoms with Crippen molar-refractivity contribution in [2.24, 2.45) is 5.16 Å². The van der Waals surface area contributed by atoms with E-state index in [1.165, 1.54) is 16.9 Å². The number of ether oxygens (including phenoxy) is 1. The first kappa shape index (κ1) is 21.8. The lowest BCUT2D eigenvalue weighted by atomic mass is 10.1. The van der Waals surface area contributed by atoms with Crippen molar-refractivity contribution < 1.29 is 22.7 Å². The Balaban J connectivity index is 1.50. The van der Waals surface area contributed by atoms with Gasteiger partial charge < -0.3 is 9.57 Å². The van der Waals surface area contributed by atoms with E-state index in [4.69, 9.17) is 14.8 Å². The lowest BCUT2D eigenvalue weighted by Crippen LogP contribution is -2.04. The van der Waals surface area contributed by atoms with Gasteiger partial charge in [-0.15, -0.1) is 15.0 Å². The third-order valence-corrected chi connectivity index (χ3v) is 4.06. The fourth-order valence-corrected chi connectivity index (χ4v) is 2.45. The summed E-state index contributed by atoms with van der Waals surface area (Å²) < 4.78 is 43.3. The molecule has 1 heterocycles. The Kier molecular flexibility index (Phi) is 6.81. The molecule has 0 amide bonds. The fraction of sp³-hybridized carbons (Fsp3) is 0.250. The number of nitriles is 1. The summed E-state index contributed by atoms with van der Waals surface area (Å²) in [4.78, 5) is 6.42. The minimum Gasteiger partial charge on any atom is -0.485 e. The standard InChI is InChI=1S/C20H17F3N6O2/c1-14(27-31-12-15-2-6-17(7-3-15)20(21,22)23)16-4-8-18(9-5-16)30-13-19-25-28-29(26-19)11-10-24/h2-9H,11-13H2,1H3/b27-14+. The minimum atomic E-state index is -4.36. The number of tetrazole rings is 1. The van der Waals surface area contributed by atoms with Gasteiger partial charge in [0, 0.05) is 0 Å². The van der Waals surface area contributed by atoms with Crippen molar-refractivity contribution in [3.05, 3.63) is 71.0 Å². The molecule has 2 aromatic carbocycles. The number of hydrogen-bond donors (Lipinski definition) is 0. The lowest BCUT2D eigenvalue weighted by Gasteiger charge is -2.08. The molecule has 0 bridgehead atoms. The van der Waals surface area contributed by atoms with Crippen molar-refractivity contribution >= 4 is 5.71 Å². The fourth-order valence-electron chi connectivity index (χ4n) is 2.45. The molecule has 0 aliphatic carbocycles. The molecule has 8 nitrogen and oxygen atoms in total. The normalized spacial score (nSPS) is 11.8. The van der Waals surface area contributed by atoms with Crippen molar-refractivity contribution in [1.82, 2.24) is 20.2 Å². The number of oxime groups is 1. The van der Waals surface area contributed by atoms with E-state index >= 15 is 0 Å². The van der Waals surface area contributed by atoms with Crippen molar-refractivity contribution in [2.45, 2.75) is 32.9 Å². The predicted molar refractivity (Wildman–Crippen MR) is 103 cm³/mol. The molecule has 0 spiro atoms. The number of alkyl halides is 3. The van der Waals surface area contributed by atoms with Crippen LogP contribution in [0.1, 0.15) is 29.4 Å². The maximum atomic E-state index is 12.6. The van der Waals surface area contributed by atoms with Crippen LogP contribution in [0.15, 0.2) is 53.7 Å². The van der Waals surface area contributed by atoms with E-state index in [0.717, 1.165) is 17.7 Å². The van der Waals surface area contributed by atoms with Gasteiger partial charge in [0.2, 0.25) is 5.82 Å². The highest BCUT2D eigenvalue weighted by Crippen LogP contribution is 2.29. The molecule has 0 aliphatic rings. The molecule has 1 aromatic heterocycles. The summed E-state index contributed by atoms with van der Waals surface area (Å²) >= 11 is 0. The maximum absolute atomic E-state index is 12.6. The van der Waals surface area contributed by atoms with Crippen molar-refractivity contribution in [3.8, 4) is 11.8 Å². The summed E-state index contributed by atoms with van der Waals surface area (Å²) in [5.41, 5.74) is 1.26. The topological polar surface area (TPSA) is 98.2 Å². The average molecular weight is 430 g/mol. The summed E-state index contributed by atoms with van der Waals surface area (Å²) in [5.74, 6) is 0.938. The van der Waals surface area contributed by atoms with E-state index in [1.54, 1.807) is 31.2 Å². The second-order valence-electron chi connectivity index (χ2n) is 6.35. The van der Waals surface area contributed by atoms with Crippen molar-refractivity contribution in [3.63, 3.8) is 0 Å². The lowest BCUT2D eigenvalue weighted by molar-refractivity contribution is -0.137. The molecule has 0 aliphatic heterocycles. The van der Waals surface area contributed by atoms with Gasteiger partial charge in [-0.1, -0.05) is 17.3 Å². The summed E-state index contributed by atoms with van der Waals surface area (Å²) in [6.07, 6.45) is -4.36. The van der Waals surface area contributed by atoms with Gasteiger partial charge in [0.15, 0.2) is 6.61 Å². The molecule has 3 aromatic rings. The minimum absolute atomic E-state index is 0.0151. The van der Waals surface area contributed by atoms with E-state index in [-0.39, 0.29) is 19.8 Å². The number of halogens is 3. The van der Waals surface area contributed by atoms with Gasteiger partial charge in [0.1, 0.15) is 18.9 Å². The Bertz CT molecular complexity index is 1070. The molecule has 0 saturated carbocycles. The highest BCUT2D eigenvalue weighted by molar-refractivity contribution is 5.98. The number of aromatic nitrogens is 4. The number of benzene rings is 2. The van der Waals surface area contributed by atoms with Crippen LogP contribution in [0.2, 0.25) is 0 Å². The Hall–Kier alpha value is -3.94. The van der Waals surface area contributed by atoms with Crippen LogP contribution in [0.4, 0.5) is 13.2 Å². The van der Waals surface area contributed by atoms with Gasteiger partial charge in [0.05, 0.1) is 17.3 Å². The van der Waals surface area contributed by atoms with Gasteiger partial charge in [-0.25, -0.2) is 0 Å². The zero-order chi connectivity index (χ0) is 22.3. The molecule has 0 radical (unpaired) electrons. The number of nitrogens with zero attached hydrogens (tertiary/aromatic N) is 6. The molecule has 3 rings (SSSR count). The third-order valence-electron chi connectivity index (χ3n) is 4.06. The van der Waals surface area contributed by atoms with Crippen molar-refractivity contribution in [2.75, 3.05) is 0 Å². The second kappa shape index (κ2) is 9.71. The molecule has 11 heteroatoms. The van der Waals surface area contributed by atoms with Gasteiger partial charge >= 0.3 is 6.18 Å². The van der Waals surface area contributed by atoms with Crippen LogP contribution in [-0.2, 0) is 30.8 Å². The summed E-state index contributed by atoms with van der Waals surface area (Å²) in [6.45, 7) is 1.92. The summed E-state index contributed by atoms with van der Waals surface area (Å²) in [5, 5.41) is 24.1. The third kappa shape index (κ3) is 6.27. The largest absolute Gasteiger partial charge is 0.485 e. The quantitative estimate of drug-likeness (QED) is 0.399. The van der Waals surface area contributed by atoms with Crippen LogP contribution in [-0.4, -0.2) is 25.9 Å². The Morgan fingerprint density at radius 1 is 1.10 bits per heavy atom. The van der Waals surface area contributed by atoms with E-state index in [0.29, 0.717) is 22.8 Å². The molecule has 0 atom stereocenters.